The maximum atomic E-state index is 9.56. The van der Waals surface area contributed by atoms with Crippen molar-refractivity contribution in [2.75, 3.05) is 0 Å². The van der Waals surface area contributed by atoms with Gasteiger partial charge in [0.2, 0.25) is 0 Å². The number of nitriles is 2. The summed E-state index contributed by atoms with van der Waals surface area (Å²) in [5.41, 5.74) is 15.5. The van der Waals surface area contributed by atoms with Crippen LogP contribution in [0.25, 0.3) is 68.6 Å². The molecule has 5 aromatic rings. The van der Waals surface area contributed by atoms with Gasteiger partial charge >= 0.3 is 0 Å². The van der Waals surface area contributed by atoms with Crippen molar-refractivity contribution in [3.8, 4) is 34.4 Å². The molecule has 0 amide bonds. The van der Waals surface area contributed by atoms with Crippen LogP contribution < -0.4 is 0 Å². The summed E-state index contributed by atoms with van der Waals surface area (Å²) >= 11 is 0. The smallest absolute Gasteiger partial charge is 0.0737 e. The van der Waals surface area contributed by atoms with E-state index in [0.29, 0.717) is 25.7 Å². The maximum Gasteiger partial charge on any atom is 0.0737 e. The monoisotopic (exact) mass is 596 g/mol. The highest BCUT2D eigenvalue weighted by Gasteiger charge is 2.18. The summed E-state index contributed by atoms with van der Waals surface area (Å²) in [7, 11) is 0. The lowest BCUT2D eigenvalue weighted by Gasteiger charge is -2.06. The first-order valence-electron chi connectivity index (χ1n) is 15.5. The Labute approximate surface area is 268 Å². The van der Waals surface area contributed by atoms with Crippen molar-refractivity contribution in [3.63, 3.8) is 0 Å². The maximum absolute atomic E-state index is 9.56. The molecule has 6 nitrogen and oxygen atoms in total. The van der Waals surface area contributed by atoms with Crippen LogP contribution in [0, 0.1) is 36.5 Å². The lowest BCUT2D eigenvalue weighted by molar-refractivity contribution is 1.00. The number of fused-ring (bicyclic) bond motifs is 8. The van der Waals surface area contributed by atoms with Crippen molar-refractivity contribution >= 4 is 46.4 Å². The molecule has 0 atom stereocenters. The molecule has 6 heteroatoms. The Bertz CT molecular complexity index is 2170. The van der Waals surface area contributed by atoms with E-state index in [1.807, 2.05) is 24.3 Å². The van der Waals surface area contributed by atoms with Crippen LogP contribution in [0.2, 0.25) is 0 Å². The topological polar surface area (TPSA) is 105 Å². The molecule has 2 N–H and O–H groups in total. The molecule has 0 saturated carbocycles. The molecule has 0 unspecified atom stereocenters. The Morgan fingerprint density at radius 3 is 1.33 bits per heavy atom. The van der Waals surface area contributed by atoms with Crippen molar-refractivity contribution < 1.29 is 0 Å². The molecule has 0 aliphatic carbocycles. The largest absolute Gasteiger partial charge is 0.355 e. The minimum atomic E-state index is 0.379. The number of nitrogens with one attached hydrogen (secondary N) is 2. The standard InChI is InChI=1S/C40H32N6/c1-25-7-11-27(12-8-25)39-35-19-15-31(43-35)29(5-3-23-41)33-17-21-37(45-33)40(28-13-9-26(2)10-14-28)38-22-18-34(46-38)30(6-4-24-42)32-16-20-36(39)44-32/h7-22,43-44H,3-6H2,1-2H3. The van der Waals surface area contributed by atoms with Gasteiger partial charge in [-0.3, -0.25) is 0 Å². The summed E-state index contributed by atoms with van der Waals surface area (Å²) in [4.78, 5) is 17.8. The number of aromatic amines is 2. The first-order chi connectivity index (χ1) is 22.5. The predicted molar refractivity (Wildman–Crippen MR) is 187 cm³/mol. The normalized spacial score (nSPS) is 11.8. The van der Waals surface area contributed by atoms with Gasteiger partial charge in [-0.1, -0.05) is 59.7 Å². The second-order valence-electron chi connectivity index (χ2n) is 11.8. The molecule has 5 heterocycles. The molecule has 2 aliphatic rings. The molecule has 7 rings (SSSR count). The second-order valence-corrected chi connectivity index (χ2v) is 11.8. The third-order valence-corrected chi connectivity index (χ3v) is 8.63. The molecule has 0 spiro atoms. The van der Waals surface area contributed by atoms with E-state index in [1.165, 1.54) is 11.1 Å². The Morgan fingerprint density at radius 1 is 0.500 bits per heavy atom. The van der Waals surface area contributed by atoms with Crippen LogP contribution in [0.3, 0.4) is 0 Å². The molecule has 0 saturated heterocycles. The molecule has 0 fully saturated rings. The summed E-state index contributed by atoms with van der Waals surface area (Å²) in [5.74, 6) is 0. The van der Waals surface area contributed by atoms with Gasteiger partial charge < -0.3 is 9.97 Å². The van der Waals surface area contributed by atoms with Crippen molar-refractivity contribution in [1.82, 2.24) is 19.9 Å². The predicted octanol–water partition coefficient (Wildman–Crippen LogP) is 9.52. The second kappa shape index (κ2) is 12.2. The number of hydrogen-bond donors (Lipinski definition) is 2. The van der Waals surface area contributed by atoms with Crippen LogP contribution in [0.4, 0.5) is 0 Å². The fourth-order valence-corrected chi connectivity index (χ4v) is 6.26. The Morgan fingerprint density at radius 2 is 0.891 bits per heavy atom. The number of aryl methyl sites for hydroxylation is 4. The SMILES string of the molecule is Cc1ccc(-c2c3nc(c(CCC#N)c4ccc([nH]4)c(-c4ccc(C)cc4)c4ccc([nH]4)c(CCC#N)c4nc2C=C4)C=C3)cc1. The van der Waals surface area contributed by atoms with Crippen LogP contribution in [-0.4, -0.2) is 19.9 Å². The summed E-state index contributed by atoms with van der Waals surface area (Å²) < 4.78 is 0. The molecule has 2 aromatic carbocycles. The van der Waals surface area contributed by atoms with Crippen LogP contribution in [0.1, 0.15) is 57.9 Å². The van der Waals surface area contributed by atoms with Gasteiger partial charge in [0, 0.05) is 57.2 Å². The number of benzene rings is 2. The van der Waals surface area contributed by atoms with Gasteiger partial charge in [-0.25, -0.2) is 9.97 Å². The van der Waals surface area contributed by atoms with Gasteiger partial charge in [-0.15, -0.1) is 0 Å². The zero-order valence-corrected chi connectivity index (χ0v) is 25.9. The zero-order chi connectivity index (χ0) is 31.6. The number of nitrogens with zero attached hydrogens (tertiary/aromatic N) is 4. The average molecular weight is 597 g/mol. The quantitative estimate of drug-likeness (QED) is 0.199. The summed E-state index contributed by atoms with van der Waals surface area (Å²) in [6.07, 6.45) is 10.1. The van der Waals surface area contributed by atoms with E-state index >= 15 is 0 Å². The first kappa shape index (κ1) is 28.8. The lowest BCUT2D eigenvalue weighted by Crippen LogP contribution is -1.93. The first-order valence-corrected chi connectivity index (χ1v) is 15.5. The molecule has 8 bridgehead atoms. The molecular weight excluding hydrogens is 564 g/mol. The number of hydrogen-bond acceptors (Lipinski definition) is 4. The molecule has 3 aromatic heterocycles. The number of H-pyrrole nitrogens is 2. The fourth-order valence-electron chi connectivity index (χ4n) is 6.26. The van der Waals surface area contributed by atoms with Crippen LogP contribution in [0.5, 0.6) is 0 Å². The van der Waals surface area contributed by atoms with E-state index in [-0.39, 0.29) is 0 Å². The highest BCUT2D eigenvalue weighted by atomic mass is 14.8. The minimum Gasteiger partial charge on any atom is -0.355 e. The highest BCUT2D eigenvalue weighted by Crippen LogP contribution is 2.35. The summed E-state index contributed by atoms with van der Waals surface area (Å²) in [6.45, 7) is 4.17. The van der Waals surface area contributed by atoms with Crippen LogP contribution in [0.15, 0.2) is 72.8 Å². The third-order valence-electron chi connectivity index (χ3n) is 8.63. The van der Waals surface area contributed by atoms with E-state index in [4.69, 9.17) is 9.97 Å². The molecule has 222 valence electrons. The molecule has 2 aliphatic heterocycles. The Balaban J connectivity index is 1.64. The van der Waals surface area contributed by atoms with Crippen LogP contribution >= 0.6 is 0 Å². The van der Waals surface area contributed by atoms with E-state index in [2.05, 4.69) is 109 Å². The Kier molecular flexibility index (Phi) is 7.62. The van der Waals surface area contributed by atoms with Gasteiger partial charge in [-0.2, -0.15) is 10.5 Å². The van der Waals surface area contributed by atoms with Gasteiger partial charge in [0.1, 0.15) is 0 Å². The van der Waals surface area contributed by atoms with E-state index < -0.39 is 0 Å². The highest BCUT2D eigenvalue weighted by molar-refractivity contribution is 5.95. The van der Waals surface area contributed by atoms with Gasteiger partial charge in [-0.05, 0) is 86.4 Å². The average Bonchev–Trinajstić information content (AvgIpc) is 3.89. The summed E-state index contributed by atoms with van der Waals surface area (Å²) in [6, 6.07) is 30.0. The van der Waals surface area contributed by atoms with Crippen molar-refractivity contribution in [2.45, 2.75) is 39.5 Å². The van der Waals surface area contributed by atoms with Gasteiger partial charge in [0.25, 0.3) is 0 Å². The zero-order valence-electron chi connectivity index (χ0n) is 25.9. The van der Waals surface area contributed by atoms with Crippen LogP contribution in [-0.2, 0) is 12.8 Å². The van der Waals surface area contributed by atoms with E-state index in [9.17, 15) is 10.5 Å². The molecule has 0 radical (unpaired) electrons. The minimum absolute atomic E-state index is 0.379. The van der Waals surface area contributed by atoms with E-state index in [0.717, 1.165) is 78.2 Å². The third kappa shape index (κ3) is 5.42. The van der Waals surface area contributed by atoms with Crippen molar-refractivity contribution in [1.29, 1.82) is 10.5 Å². The fraction of sp³-hybridized carbons (Fsp3) is 0.150. The lowest BCUT2D eigenvalue weighted by atomic mass is 10.0. The van der Waals surface area contributed by atoms with Gasteiger partial charge in [0.15, 0.2) is 0 Å². The number of rotatable bonds is 6. The van der Waals surface area contributed by atoms with Crippen molar-refractivity contribution in [2.24, 2.45) is 0 Å². The molecule has 46 heavy (non-hydrogen) atoms. The van der Waals surface area contributed by atoms with Gasteiger partial charge in [0.05, 0.1) is 34.9 Å². The van der Waals surface area contributed by atoms with Crippen molar-refractivity contribution in [3.05, 3.63) is 118 Å². The molecular formula is C40H32N6. The Hall–Kier alpha value is -5.98. The number of aromatic nitrogens is 4. The summed E-state index contributed by atoms with van der Waals surface area (Å²) in [5, 5.41) is 19.1. The van der Waals surface area contributed by atoms with E-state index in [1.54, 1.807) is 0 Å².